The number of carbonyl (C=O) groups is 2. The number of hydrogen-bond donors (Lipinski definition) is 1. The van der Waals surface area contributed by atoms with Crippen LogP contribution in [0.25, 0.3) is 0 Å². The predicted molar refractivity (Wildman–Crippen MR) is 87.0 cm³/mol. The SMILES string of the molecule is O=C(CCC1CCCC1)NC1CCN(C(=O)c2ccco2)CC1. The second-order valence-corrected chi connectivity index (χ2v) is 6.80. The molecule has 0 spiro atoms. The fourth-order valence-corrected chi connectivity index (χ4v) is 3.72. The van der Waals surface area contributed by atoms with Gasteiger partial charge in [0.25, 0.3) is 5.91 Å². The number of furan rings is 1. The largest absolute Gasteiger partial charge is 0.459 e. The number of amides is 2. The van der Waals surface area contributed by atoms with Gasteiger partial charge in [0.05, 0.1) is 6.26 Å². The van der Waals surface area contributed by atoms with E-state index >= 15 is 0 Å². The fourth-order valence-electron chi connectivity index (χ4n) is 3.72. The van der Waals surface area contributed by atoms with Gasteiger partial charge in [0, 0.05) is 25.6 Å². The zero-order valence-corrected chi connectivity index (χ0v) is 13.6. The first kappa shape index (κ1) is 16.1. The van der Waals surface area contributed by atoms with Crippen LogP contribution in [0.4, 0.5) is 0 Å². The Morgan fingerprint density at radius 3 is 2.57 bits per heavy atom. The van der Waals surface area contributed by atoms with Gasteiger partial charge in [-0.2, -0.15) is 0 Å². The molecule has 1 aromatic rings. The van der Waals surface area contributed by atoms with Crippen LogP contribution in [0.3, 0.4) is 0 Å². The second kappa shape index (κ2) is 7.66. The fraction of sp³-hybridized carbons (Fsp3) is 0.667. The summed E-state index contributed by atoms with van der Waals surface area (Å²) in [6.07, 6.45) is 10.1. The molecule has 1 aliphatic heterocycles. The first-order chi connectivity index (χ1) is 11.2. The standard InChI is InChI=1S/C18H26N2O3/c21-17(8-7-14-4-1-2-5-14)19-15-9-11-20(12-10-15)18(22)16-6-3-13-23-16/h3,6,13-15H,1-2,4-5,7-12H2,(H,19,21). The maximum Gasteiger partial charge on any atom is 0.289 e. The van der Waals surface area contributed by atoms with Crippen LogP contribution in [0.15, 0.2) is 22.8 Å². The minimum Gasteiger partial charge on any atom is -0.459 e. The van der Waals surface area contributed by atoms with E-state index in [1.807, 2.05) is 0 Å². The van der Waals surface area contributed by atoms with E-state index in [1.54, 1.807) is 17.0 Å². The maximum absolute atomic E-state index is 12.2. The first-order valence-electron chi connectivity index (χ1n) is 8.84. The summed E-state index contributed by atoms with van der Waals surface area (Å²) >= 11 is 0. The van der Waals surface area contributed by atoms with Gasteiger partial charge in [-0.3, -0.25) is 9.59 Å². The van der Waals surface area contributed by atoms with Gasteiger partial charge in [-0.05, 0) is 37.3 Å². The third-order valence-corrected chi connectivity index (χ3v) is 5.13. The van der Waals surface area contributed by atoms with E-state index in [1.165, 1.54) is 31.9 Å². The van der Waals surface area contributed by atoms with Gasteiger partial charge >= 0.3 is 0 Å². The number of piperidine rings is 1. The molecule has 2 fully saturated rings. The number of hydrogen-bond acceptors (Lipinski definition) is 3. The Morgan fingerprint density at radius 2 is 1.91 bits per heavy atom. The molecule has 1 saturated heterocycles. The molecule has 1 aliphatic carbocycles. The Kier molecular flexibility index (Phi) is 5.36. The lowest BCUT2D eigenvalue weighted by molar-refractivity contribution is -0.122. The van der Waals surface area contributed by atoms with Crippen molar-refractivity contribution < 1.29 is 14.0 Å². The average molecular weight is 318 g/mol. The van der Waals surface area contributed by atoms with E-state index in [0.717, 1.165) is 25.2 Å². The van der Waals surface area contributed by atoms with Crippen molar-refractivity contribution in [1.82, 2.24) is 10.2 Å². The molecular weight excluding hydrogens is 292 g/mol. The van der Waals surface area contributed by atoms with Gasteiger partial charge in [-0.15, -0.1) is 0 Å². The average Bonchev–Trinajstić information content (AvgIpc) is 3.26. The van der Waals surface area contributed by atoms with E-state index in [2.05, 4.69) is 5.32 Å². The molecule has 2 heterocycles. The van der Waals surface area contributed by atoms with Crippen molar-refractivity contribution in [3.63, 3.8) is 0 Å². The minimum absolute atomic E-state index is 0.0546. The highest BCUT2D eigenvalue weighted by molar-refractivity contribution is 5.91. The number of rotatable bonds is 5. The van der Waals surface area contributed by atoms with Gasteiger partial charge in [-0.25, -0.2) is 0 Å². The molecule has 3 rings (SSSR count). The molecule has 1 aromatic heterocycles. The molecular formula is C18H26N2O3. The first-order valence-corrected chi connectivity index (χ1v) is 8.84. The summed E-state index contributed by atoms with van der Waals surface area (Å²) in [6, 6.07) is 3.62. The van der Waals surface area contributed by atoms with Crippen molar-refractivity contribution in [2.24, 2.45) is 5.92 Å². The van der Waals surface area contributed by atoms with Gasteiger partial charge in [-0.1, -0.05) is 25.7 Å². The number of nitrogens with zero attached hydrogens (tertiary/aromatic N) is 1. The topological polar surface area (TPSA) is 62.6 Å². The molecule has 0 aromatic carbocycles. The molecule has 0 radical (unpaired) electrons. The monoisotopic (exact) mass is 318 g/mol. The van der Waals surface area contributed by atoms with Crippen molar-refractivity contribution in [3.8, 4) is 0 Å². The summed E-state index contributed by atoms with van der Waals surface area (Å²) in [5.41, 5.74) is 0. The van der Waals surface area contributed by atoms with Crippen LogP contribution in [0.5, 0.6) is 0 Å². The Hall–Kier alpha value is -1.78. The molecule has 0 bridgehead atoms. The summed E-state index contributed by atoms with van der Waals surface area (Å²) in [7, 11) is 0. The molecule has 5 nitrogen and oxygen atoms in total. The van der Waals surface area contributed by atoms with Crippen LogP contribution in [-0.4, -0.2) is 35.8 Å². The summed E-state index contributed by atoms with van der Waals surface area (Å²) in [4.78, 5) is 26.1. The lowest BCUT2D eigenvalue weighted by Crippen LogP contribution is -2.46. The summed E-state index contributed by atoms with van der Waals surface area (Å²) < 4.78 is 5.16. The number of likely N-dealkylation sites (tertiary alicyclic amines) is 1. The Balaban J connectivity index is 1.37. The van der Waals surface area contributed by atoms with Crippen molar-refractivity contribution in [2.45, 2.75) is 57.4 Å². The quantitative estimate of drug-likeness (QED) is 0.908. The van der Waals surface area contributed by atoms with Gasteiger partial charge < -0.3 is 14.6 Å². The highest BCUT2D eigenvalue weighted by Gasteiger charge is 2.26. The molecule has 2 amide bonds. The summed E-state index contributed by atoms with van der Waals surface area (Å²) in [5.74, 6) is 1.27. The van der Waals surface area contributed by atoms with Crippen molar-refractivity contribution in [3.05, 3.63) is 24.2 Å². The van der Waals surface area contributed by atoms with Crippen molar-refractivity contribution in [2.75, 3.05) is 13.1 Å². The van der Waals surface area contributed by atoms with E-state index in [-0.39, 0.29) is 17.9 Å². The van der Waals surface area contributed by atoms with Crippen LogP contribution in [0.2, 0.25) is 0 Å². The lowest BCUT2D eigenvalue weighted by Gasteiger charge is -2.32. The Bertz CT molecular complexity index is 512. The van der Waals surface area contributed by atoms with Crippen LogP contribution >= 0.6 is 0 Å². The third kappa shape index (κ3) is 4.36. The third-order valence-electron chi connectivity index (χ3n) is 5.13. The van der Waals surface area contributed by atoms with Gasteiger partial charge in [0.15, 0.2) is 5.76 Å². The van der Waals surface area contributed by atoms with Crippen LogP contribution in [0, 0.1) is 5.92 Å². The maximum atomic E-state index is 12.2. The number of nitrogens with one attached hydrogen (secondary N) is 1. The molecule has 5 heteroatoms. The second-order valence-electron chi connectivity index (χ2n) is 6.80. The molecule has 2 aliphatic rings. The van der Waals surface area contributed by atoms with Gasteiger partial charge in [0.2, 0.25) is 5.91 Å². The molecule has 0 unspecified atom stereocenters. The zero-order chi connectivity index (χ0) is 16.1. The normalized spacial score (nSPS) is 19.9. The van der Waals surface area contributed by atoms with E-state index in [0.29, 0.717) is 25.3 Å². The molecule has 1 saturated carbocycles. The Labute approximate surface area is 137 Å². The lowest BCUT2D eigenvalue weighted by atomic mass is 10.0. The number of carbonyl (C=O) groups excluding carboxylic acids is 2. The van der Waals surface area contributed by atoms with Gasteiger partial charge in [0.1, 0.15) is 0 Å². The van der Waals surface area contributed by atoms with Crippen molar-refractivity contribution in [1.29, 1.82) is 0 Å². The smallest absolute Gasteiger partial charge is 0.289 e. The summed E-state index contributed by atoms with van der Waals surface area (Å²) in [6.45, 7) is 1.35. The van der Waals surface area contributed by atoms with Crippen LogP contribution in [-0.2, 0) is 4.79 Å². The van der Waals surface area contributed by atoms with E-state index in [4.69, 9.17) is 4.42 Å². The Morgan fingerprint density at radius 1 is 1.17 bits per heavy atom. The molecule has 1 N–H and O–H groups in total. The van der Waals surface area contributed by atoms with Crippen LogP contribution in [0.1, 0.15) is 61.9 Å². The van der Waals surface area contributed by atoms with Crippen molar-refractivity contribution >= 4 is 11.8 Å². The zero-order valence-electron chi connectivity index (χ0n) is 13.6. The van der Waals surface area contributed by atoms with E-state index < -0.39 is 0 Å². The van der Waals surface area contributed by atoms with E-state index in [9.17, 15) is 9.59 Å². The molecule has 23 heavy (non-hydrogen) atoms. The summed E-state index contributed by atoms with van der Waals surface area (Å²) in [5, 5.41) is 3.14. The minimum atomic E-state index is -0.0546. The predicted octanol–water partition coefficient (Wildman–Crippen LogP) is 2.97. The molecule has 0 atom stereocenters. The highest BCUT2D eigenvalue weighted by Crippen LogP contribution is 2.28. The molecule has 126 valence electrons. The van der Waals surface area contributed by atoms with Crippen LogP contribution < -0.4 is 5.32 Å². The highest BCUT2D eigenvalue weighted by atomic mass is 16.3.